The first-order valence-electron chi connectivity index (χ1n) is 10.6. The predicted octanol–water partition coefficient (Wildman–Crippen LogP) is 4.84. The first-order valence-corrected chi connectivity index (χ1v) is 10.6. The average Bonchev–Trinajstić information content (AvgIpc) is 3.31. The molecule has 1 aliphatic rings. The van der Waals surface area contributed by atoms with Crippen LogP contribution in [0.15, 0.2) is 90.0 Å². The van der Waals surface area contributed by atoms with E-state index in [1.807, 2.05) is 54.6 Å². The van der Waals surface area contributed by atoms with Gasteiger partial charge in [0.2, 0.25) is 12.7 Å². The van der Waals surface area contributed by atoms with Crippen LogP contribution in [0.3, 0.4) is 0 Å². The number of hydrogen-bond acceptors (Lipinski definition) is 5. The van der Waals surface area contributed by atoms with Gasteiger partial charge in [0.05, 0.1) is 12.6 Å². The van der Waals surface area contributed by atoms with Gasteiger partial charge >= 0.3 is 0 Å². The molecule has 4 aromatic carbocycles. The number of carbonyl (C=O) groups is 1. The van der Waals surface area contributed by atoms with Crippen molar-refractivity contribution in [1.82, 2.24) is 5.43 Å². The molecule has 1 aliphatic heterocycles. The Hall–Kier alpha value is -4.32. The lowest BCUT2D eigenvalue weighted by molar-refractivity contribution is -0.120. The highest BCUT2D eigenvalue weighted by molar-refractivity contribution is 5.86. The summed E-state index contributed by atoms with van der Waals surface area (Å²) < 4.78 is 16.6. The normalized spacial score (nSPS) is 12.2. The maximum atomic E-state index is 12.2. The van der Waals surface area contributed by atoms with Gasteiger partial charge in [-0.05, 0) is 51.7 Å². The molecule has 0 fully saturated rings. The highest BCUT2D eigenvalue weighted by Crippen LogP contribution is 2.32. The predicted molar refractivity (Wildman–Crippen MR) is 127 cm³/mol. The van der Waals surface area contributed by atoms with Crippen LogP contribution in [0.25, 0.3) is 10.8 Å². The van der Waals surface area contributed by atoms with E-state index in [1.54, 1.807) is 12.3 Å². The van der Waals surface area contributed by atoms with Crippen molar-refractivity contribution in [2.75, 3.05) is 6.79 Å². The van der Waals surface area contributed by atoms with Gasteiger partial charge in [-0.2, -0.15) is 5.10 Å². The van der Waals surface area contributed by atoms with E-state index < -0.39 is 0 Å². The summed E-state index contributed by atoms with van der Waals surface area (Å²) >= 11 is 0. The lowest BCUT2D eigenvalue weighted by Crippen LogP contribution is -2.19. The van der Waals surface area contributed by atoms with E-state index in [4.69, 9.17) is 14.2 Å². The van der Waals surface area contributed by atoms with Gasteiger partial charge in [0.25, 0.3) is 0 Å². The molecule has 1 N–H and O–H groups in total. The van der Waals surface area contributed by atoms with Gasteiger partial charge in [0.15, 0.2) is 11.5 Å². The maximum Gasteiger partial charge on any atom is 0.244 e. The zero-order chi connectivity index (χ0) is 22.5. The molecule has 0 bridgehead atoms. The van der Waals surface area contributed by atoms with Gasteiger partial charge in [0, 0.05) is 0 Å². The van der Waals surface area contributed by atoms with Crippen LogP contribution >= 0.6 is 0 Å². The Bertz CT molecular complexity index is 1330. The summed E-state index contributed by atoms with van der Waals surface area (Å²) in [6.45, 7) is 0.675. The number of benzene rings is 4. The van der Waals surface area contributed by atoms with E-state index in [1.165, 1.54) is 10.8 Å². The van der Waals surface area contributed by atoms with Crippen molar-refractivity contribution in [2.24, 2.45) is 5.10 Å². The van der Waals surface area contributed by atoms with Crippen LogP contribution < -0.4 is 19.6 Å². The molecule has 0 aromatic heterocycles. The fraction of sp³-hybridized carbons (Fsp3) is 0.111. The number of amides is 1. The van der Waals surface area contributed by atoms with Gasteiger partial charge in [-0.15, -0.1) is 0 Å². The summed E-state index contributed by atoms with van der Waals surface area (Å²) in [6.07, 6.45) is 1.80. The standard InChI is InChI=1S/C27H22N2O4/c30-27(15-19-11-12-25-26(14-19)33-18-32-25)29-28-16-20-5-3-9-23(13-20)31-17-22-8-4-7-21-6-1-2-10-24(21)22/h1-14,16H,15,17-18H2,(H,29,30)/b28-16-. The molecule has 5 rings (SSSR count). The number of hydrogen-bond donors (Lipinski definition) is 1. The molecule has 1 heterocycles. The number of nitrogens with zero attached hydrogens (tertiary/aromatic N) is 1. The van der Waals surface area contributed by atoms with Crippen LogP contribution in [0.5, 0.6) is 17.2 Å². The van der Waals surface area contributed by atoms with Crippen LogP contribution in [0, 0.1) is 0 Å². The van der Waals surface area contributed by atoms with Crippen LogP contribution in [-0.4, -0.2) is 18.9 Å². The zero-order valence-electron chi connectivity index (χ0n) is 17.9. The Morgan fingerprint density at radius 2 is 1.79 bits per heavy atom. The topological polar surface area (TPSA) is 69.2 Å². The van der Waals surface area contributed by atoms with E-state index in [-0.39, 0.29) is 19.1 Å². The highest BCUT2D eigenvalue weighted by atomic mass is 16.7. The van der Waals surface area contributed by atoms with Crippen LogP contribution in [0.1, 0.15) is 16.7 Å². The average molecular weight is 438 g/mol. The summed E-state index contributed by atoms with van der Waals surface area (Å²) in [7, 11) is 0. The van der Waals surface area contributed by atoms with Crippen molar-refractivity contribution in [2.45, 2.75) is 13.0 Å². The van der Waals surface area contributed by atoms with Gasteiger partial charge in [0.1, 0.15) is 12.4 Å². The highest BCUT2D eigenvalue weighted by Gasteiger charge is 2.14. The largest absolute Gasteiger partial charge is 0.489 e. The first-order chi connectivity index (χ1) is 16.2. The number of carbonyl (C=O) groups excluding carboxylic acids is 1. The number of nitrogens with one attached hydrogen (secondary N) is 1. The summed E-state index contributed by atoms with van der Waals surface area (Å²) in [4.78, 5) is 12.2. The summed E-state index contributed by atoms with van der Waals surface area (Å²) in [6, 6.07) is 27.5. The molecule has 6 nitrogen and oxygen atoms in total. The van der Waals surface area contributed by atoms with Crippen molar-refractivity contribution in [1.29, 1.82) is 0 Å². The van der Waals surface area contributed by atoms with Crippen molar-refractivity contribution >= 4 is 22.9 Å². The molecule has 0 aliphatic carbocycles. The fourth-order valence-electron chi connectivity index (χ4n) is 3.72. The van der Waals surface area contributed by atoms with Crippen molar-refractivity contribution in [3.8, 4) is 17.2 Å². The summed E-state index contributed by atoms with van der Waals surface area (Å²) in [5.41, 5.74) is 5.35. The molecule has 6 heteroatoms. The van der Waals surface area contributed by atoms with Gasteiger partial charge < -0.3 is 14.2 Å². The smallest absolute Gasteiger partial charge is 0.244 e. The third kappa shape index (κ3) is 4.96. The van der Waals surface area contributed by atoms with Gasteiger partial charge in [-0.1, -0.05) is 60.7 Å². The second kappa shape index (κ2) is 9.44. The Balaban J connectivity index is 1.17. The molecular formula is C27H22N2O4. The van der Waals surface area contributed by atoms with E-state index in [0.717, 1.165) is 22.4 Å². The lowest BCUT2D eigenvalue weighted by Gasteiger charge is -2.09. The minimum atomic E-state index is -0.214. The Morgan fingerprint density at radius 3 is 2.76 bits per heavy atom. The quantitative estimate of drug-likeness (QED) is 0.331. The van der Waals surface area contributed by atoms with E-state index in [9.17, 15) is 4.79 Å². The van der Waals surface area contributed by atoms with Crippen molar-refractivity contribution in [3.63, 3.8) is 0 Å². The van der Waals surface area contributed by atoms with Gasteiger partial charge in [-0.3, -0.25) is 4.79 Å². The molecule has 0 saturated heterocycles. The molecule has 33 heavy (non-hydrogen) atoms. The fourth-order valence-corrected chi connectivity index (χ4v) is 3.72. The number of hydrazone groups is 1. The monoisotopic (exact) mass is 438 g/mol. The van der Waals surface area contributed by atoms with Crippen molar-refractivity contribution in [3.05, 3.63) is 102 Å². The first kappa shape index (κ1) is 20.6. The molecule has 0 radical (unpaired) electrons. The van der Waals surface area contributed by atoms with Crippen LogP contribution in [0.2, 0.25) is 0 Å². The Kier molecular flexibility index (Phi) is 5.89. The second-order valence-corrected chi connectivity index (χ2v) is 7.66. The SMILES string of the molecule is O=C(Cc1ccc2c(c1)OCO2)N/N=C\c1cccc(OCc2cccc3ccccc23)c1. The molecular weight excluding hydrogens is 416 g/mol. The Morgan fingerprint density at radius 1 is 0.939 bits per heavy atom. The maximum absolute atomic E-state index is 12.2. The second-order valence-electron chi connectivity index (χ2n) is 7.66. The van der Waals surface area contributed by atoms with E-state index >= 15 is 0 Å². The van der Waals surface area contributed by atoms with E-state index in [2.05, 4.69) is 34.8 Å². The summed E-state index contributed by atoms with van der Waals surface area (Å²) in [5.74, 6) is 1.87. The van der Waals surface area contributed by atoms with Crippen molar-refractivity contribution < 1.29 is 19.0 Å². The number of fused-ring (bicyclic) bond motifs is 2. The third-order valence-electron chi connectivity index (χ3n) is 5.34. The molecule has 0 spiro atoms. The number of rotatable bonds is 7. The summed E-state index contributed by atoms with van der Waals surface area (Å²) in [5, 5.41) is 6.45. The lowest BCUT2D eigenvalue weighted by atomic mass is 10.1. The van der Waals surface area contributed by atoms with E-state index in [0.29, 0.717) is 18.1 Å². The zero-order valence-corrected chi connectivity index (χ0v) is 17.9. The third-order valence-corrected chi connectivity index (χ3v) is 5.34. The Labute approximate surface area is 191 Å². The molecule has 1 amide bonds. The number of ether oxygens (including phenoxy) is 3. The molecule has 4 aromatic rings. The van der Waals surface area contributed by atoms with Crippen LogP contribution in [-0.2, 0) is 17.8 Å². The molecule has 0 saturated carbocycles. The minimum absolute atomic E-state index is 0.197. The molecule has 0 atom stereocenters. The molecule has 164 valence electrons. The van der Waals surface area contributed by atoms with Crippen LogP contribution in [0.4, 0.5) is 0 Å². The minimum Gasteiger partial charge on any atom is -0.489 e. The molecule has 0 unspecified atom stereocenters. The van der Waals surface area contributed by atoms with Gasteiger partial charge in [-0.25, -0.2) is 5.43 Å².